The number of alkyl halides is 2. The Morgan fingerprint density at radius 1 is 1.20 bits per heavy atom. The van der Waals surface area contributed by atoms with E-state index < -0.39 is 47.0 Å². The fourth-order valence-corrected chi connectivity index (χ4v) is 1.29. The van der Waals surface area contributed by atoms with Gasteiger partial charge in [-0.25, -0.2) is 33.3 Å². The van der Waals surface area contributed by atoms with E-state index in [2.05, 4.69) is 15.0 Å². The largest absolute Gasteiger partial charge is 0.476 e. The third kappa shape index (κ3) is 2.43. The topological polar surface area (TPSA) is 126 Å². The number of rotatable bonds is 4. The summed E-state index contributed by atoms with van der Waals surface area (Å²) in [7, 11) is 0. The number of oxazole rings is 1. The van der Waals surface area contributed by atoms with Crippen LogP contribution in [0, 0.1) is 0 Å². The van der Waals surface area contributed by atoms with Crippen molar-refractivity contribution in [2.24, 2.45) is 0 Å². The molecule has 0 fully saturated rings. The molecule has 10 heteroatoms. The summed E-state index contributed by atoms with van der Waals surface area (Å²) >= 11 is 0. The van der Waals surface area contributed by atoms with Crippen LogP contribution in [0.4, 0.5) is 8.78 Å². The first-order valence-corrected chi connectivity index (χ1v) is 4.97. The highest BCUT2D eigenvalue weighted by Crippen LogP contribution is 2.23. The van der Waals surface area contributed by atoms with Gasteiger partial charge in [-0.05, 0) is 0 Å². The summed E-state index contributed by atoms with van der Waals surface area (Å²) in [6.45, 7) is 0. The van der Waals surface area contributed by atoms with Gasteiger partial charge in [0.2, 0.25) is 5.89 Å². The molecular formula is C10H5F2N3O5. The summed E-state index contributed by atoms with van der Waals surface area (Å²) in [6, 6.07) is 0. The van der Waals surface area contributed by atoms with Crippen LogP contribution in [0.25, 0.3) is 11.6 Å². The quantitative estimate of drug-likeness (QED) is 0.864. The molecule has 2 N–H and O–H groups in total. The Morgan fingerprint density at radius 3 is 2.40 bits per heavy atom. The highest BCUT2D eigenvalue weighted by molar-refractivity contribution is 5.92. The van der Waals surface area contributed by atoms with E-state index in [1.165, 1.54) is 0 Å². The van der Waals surface area contributed by atoms with Gasteiger partial charge in [0.1, 0.15) is 12.0 Å². The van der Waals surface area contributed by atoms with E-state index in [1.807, 2.05) is 0 Å². The first kappa shape index (κ1) is 13.5. The monoisotopic (exact) mass is 285 g/mol. The molecule has 0 radical (unpaired) electrons. The maximum Gasteiger partial charge on any atom is 0.357 e. The van der Waals surface area contributed by atoms with Gasteiger partial charge >= 0.3 is 11.9 Å². The second kappa shape index (κ2) is 4.99. The van der Waals surface area contributed by atoms with E-state index in [1.54, 1.807) is 0 Å². The molecule has 0 aromatic carbocycles. The van der Waals surface area contributed by atoms with Gasteiger partial charge in [-0.15, -0.1) is 0 Å². The van der Waals surface area contributed by atoms with Gasteiger partial charge in [0.15, 0.2) is 17.1 Å². The zero-order valence-electron chi connectivity index (χ0n) is 9.45. The van der Waals surface area contributed by atoms with Crippen LogP contribution in [0.5, 0.6) is 0 Å². The first-order valence-electron chi connectivity index (χ1n) is 4.97. The molecule has 0 unspecified atom stereocenters. The van der Waals surface area contributed by atoms with E-state index in [9.17, 15) is 18.4 Å². The highest BCUT2D eigenvalue weighted by atomic mass is 19.3. The molecular weight excluding hydrogens is 280 g/mol. The molecule has 0 aliphatic rings. The lowest BCUT2D eigenvalue weighted by Gasteiger charge is -2.03. The zero-order chi connectivity index (χ0) is 14.9. The Hall–Kier alpha value is -2.91. The molecule has 0 aliphatic carbocycles. The molecule has 0 bridgehead atoms. The lowest BCUT2D eigenvalue weighted by Crippen LogP contribution is -2.08. The highest BCUT2D eigenvalue weighted by Gasteiger charge is 2.23. The smallest absolute Gasteiger partial charge is 0.357 e. The van der Waals surface area contributed by atoms with Gasteiger partial charge in [0.05, 0.1) is 6.20 Å². The summed E-state index contributed by atoms with van der Waals surface area (Å²) in [4.78, 5) is 31.8. The van der Waals surface area contributed by atoms with Crippen LogP contribution in [-0.4, -0.2) is 37.1 Å². The fraction of sp³-hybridized carbons (Fsp3) is 0.100. The molecule has 0 atom stereocenters. The number of carboxylic acids is 2. The predicted molar refractivity (Wildman–Crippen MR) is 56.4 cm³/mol. The minimum Gasteiger partial charge on any atom is -0.476 e. The number of carboxylic acid groups (broad SMARTS) is 2. The van der Waals surface area contributed by atoms with Crippen molar-refractivity contribution in [3.8, 4) is 11.6 Å². The molecule has 8 nitrogen and oxygen atoms in total. The molecule has 0 saturated heterocycles. The summed E-state index contributed by atoms with van der Waals surface area (Å²) in [5.41, 5.74) is -2.53. The van der Waals surface area contributed by atoms with Gasteiger partial charge in [-0.3, -0.25) is 0 Å². The average Bonchev–Trinajstić information content (AvgIpc) is 2.87. The van der Waals surface area contributed by atoms with Crippen molar-refractivity contribution in [3.63, 3.8) is 0 Å². The summed E-state index contributed by atoms with van der Waals surface area (Å²) in [5.74, 6) is -3.48. The van der Waals surface area contributed by atoms with Gasteiger partial charge < -0.3 is 14.6 Å². The van der Waals surface area contributed by atoms with Crippen molar-refractivity contribution in [1.29, 1.82) is 0 Å². The Balaban J connectivity index is 2.59. The molecule has 0 aliphatic heterocycles. The second-order valence-electron chi connectivity index (χ2n) is 3.44. The number of halogens is 2. The average molecular weight is 285 g/mol. The van der Waals surface area contributed by atoms with Crippen LogP contribution in [0.1, 0.15) is 33.1 Å². The van der Waals surface area contributed by atoms with Crippen LogP contribution in [0.2, 0.25) is 0 Å². The SMILES string of the molecule is O=C(O)c1coc(-c2nc(C(F)F)cnc2C(=O)O)n1. The Labute approximate surface area is 108 Å². The number of hydrogen-bond donors (Lipinski definition) is 2. The lowest BCUT2D eigenvalue weighted by molar-refractivity contribution is 0.0680. The van der Waals surface area contributed by atoms with Crippen molar-refractivity contribution in [3.05, 3.63) is 29.5 Å². The normalized spacial score (nSPS) is 10.8. The van der Waals surface area contributed by atoms with E-state index >= 15 is 0 Å². The summed E-state index contributed by atoms with van der Waals surface area (Å²) in [5, 5.41) is 17.6. The van der Waals surface area contributed by atoms with Crippen molar-refractivity contribution in [1.82, 2.24) is 15.0 Å². The minimum absolute atomic E-state index is 0.513. The number of hydrogen-bond acceptors (Lipinski definition) is 6. The Bertz CT molecular complexity index is 685. The van der Waals surface area contributed by atoms with E-state index in [0.29, 0.717) is 6.20 Å². The van der Waals surface area contributed by atoms with Gasteiger partial charge in [-0.2, -0.15) is 0 Å². The lowest BCUT2D eigenvalue weighted by atomic mass is 10.3. The molecule has 0 saturated carbocycles. The molecule has 2 aromatic heterocycles. The van der Waals surface area contributed by atoms with Crippen LogP contribution in [0.15, 0.2) is 16.9 Å². The van der Waals surface area contributed by atoms with Crippen molar-refractivity contribution in [2.45, 2.75) is 6.43 Å². The molecule has 0 amide bonds. The molecule has 2 heterocycles. The van der Waals surface area contributed by atoms with E-state index in [-0.39, 0.29) is 0 Å². The van der Waals surface area contributed by atoms with Gasteiger partial charge in [0.25, 0.3) is 6.43 Å². The van der Waals surface area contributed by atoms with Crippen LogP contribution in [0.3, 0.4) is 0 Å². The molecule has 20 heavy (non-hydrogen) atoms. The van der Waals surface area contributed by atoms with Crippen LogP contribution in [-0.2, 0) is 0 Å². The first-order chi connectivity index (χ1) is 9.40. The third-order valence-electron chi connectivity index (χ3n) is 2.14. The molecule has 0 spiro atoms. The van der Waals surface area contributed by atoms with Gasteiger partial charge in [0, 0.05) is 0 Å². The zero-order valence-corrected chi connectivity index (χ0v) is 9.45. The standard InChI is InChI=1S/C10H5F2N3O5/c11-7(12)3-1-13-6(10(18)19)5(14-3)8-15-4(2-20-8)9(16)17/h1-2,7H,(H,16,17)(H,18,19). The number of aromatic nitrogens is 3. The third-order valence-corrected chi connectivity index (χ3v) is 2.14. The Kier molecular flexibility index (Phi) is 3.37. The maximum absolute atomic E-state index is 12.5. The van der Waals surface area contributed by atoms with Gasteiger partial charge in [-0.1, -0.05) is 0 Å². The summed E-state index contributed by atoms with van der Waals surface area (Å²) < 4.78 is 29.8. The van der Waals surface area contributed by atoms with E-state index in [4.69, 9.17) is 14.6 Å². The van der Waals surface area contributed by atoms with Crippen LogP contribution < -0.4 is 0 Å². The second-order valence-corrected chi connectivity index (χ2v) is 3.44. The number of carbonyl (C=O) groups is 2. The predicted octanol–water partition coefficient (Wildman–Crippen LogP) is 1.47. The van der Waals surface area contributed by atoms with Crippen molar-refractivity contribution >= 4 is 11.9 Å². The molecule has 2 rings (SSSR count). The van der Waals surface area contributed by atoms with Crippen LogP contribution >= 0.6 is 0 Å². The maximum atomic E-state index is 12.5. The minimum atomic E-state index is -2.97. The van der Waals surface area contributed by atoms with Crippen molar-refractivity contribution < 1.29 is 33.0 Å². The molecule has 2 aromatic rings. The number of nitrogens with zero attached hydrogens (tertiary/aromatic N) is 3. The number of aromatic carboxylic acids is 2. The fourth-order valence-electron chi connectivity index (χ4n) is 1.29. The molecule has 104 valence electrons. The van der Waals surface area contributed by atoms with E-state index in [0.717, 1.165) is 6.26 Å². The van der Waals surface area contributed by atoms with Crippen molar-refractivity contribution in [2.75, 3.05) is 0 Å². The Morgan fingerprint density at radius 2 is 1.90 bits per heavy atom. The summed E-state index contributed by atoms with van der Waals surface area (Å²) in [6.07, 6.45) is -1.63.